The summed E-state index contributed by atoms with van der Waals surface area (Å²) in [6.45, 7) is 4.21. The largest absolute Gasteiger partial charge is 0.353 e. The Morgan fingerprint density at radius 2 is 2.00 bits per heavy atom. The maximum atomic E-state index is 12.8. The van der Waals surface area contributed by atoms with Crippen LogP contribution < -0.4 is 9.62 Å². The molecule has 0 saturated heterocycles. The summed E-state index contributed by atoms with van der Waals surface area (Å²) >= 11 is 8.10. The van der Waals surface area contributed by atoms with Crippen molar-refractivity contribution in [2.24, 2.45) is 0 Å². The molecule has 0 aliphatic heterocycles. The van der Waals surface area contributed by atoms with Gasteiger partial charge in [0.15, 0.2) is 0 Å². The zero-order valence-electron chi connectivity index (χ0n) is 16.9. The molecular formula is C20H31ClN2O3S2. The quantitative estimate of drug-likeness (QED) is 0.572. The molecule has 158 valence electrons. The molecule has 28 heavy (non-hydrogen) atoms. The van der Waals surface area contributed by atoms with E-state index in [9.17, 15) is 13.2 Å². The lowest BCUT2D eigenvalue weighted by atomic mass is 10.0. The van der Waals surface area contributed by atoms with Crippen molar-refractivity contribution in [1.82, 2.24) is 5.32 Å². The second-order valence-electron chi connectivity index (χ2n) is 7.34. The van der Waals surface area contributed by atoms with E-state index in [0.717, 1.165) is 17.6 Å². The SMILES string of the molecule is CC[C@H](C(=O)NCCSC1CCCCC1)N(c1ccc(C)c(Cl)c1)S(C)(=O)=O. The van der Waals surface area contributed by atoms with Gasteiger partial charge in [-0.2, -0.15) is 11.8 Å². The highest BCUT2D eigenvalue weighted by molar-refractivity contribution is 7.99. The van der Waals surface area contributed by atoms with Gasteiger partial charge in [-0.1, -0.05) is 43.9 Å². The average Bonchev–Trinajstić information content (AvgIpc) is 2.65. The summed E-state index contributed by atoms with van der Waals surface area (Å²) in [7, 11) is -3.64. The van der Waals surface area contributed by atoms with E-state index < -0.39 is 16.1 Å². The summed E-state index contributed by atoms with van der Waals surface area (Å²) in [6.07, 6.45) is 7.93. The molecule has 1 fully saturated rings. The topological polar surface area (TPSA) is 66.5 Å². The Balaban J connectivity index is 2.03. The minimum atomic E-state index is -3.64. The van der Waals surface area contributed by atoms with Crippen molar-refractivity contribution in [3.63, 3.8) is 0 Å². The van der Waals surface area contributed by atoms with Crippen molar-refractivity contribution in [2.75, 3.05) is 22.9 Å². The van der Waals surface area contributed by atoms with Gasteiger partial charge in [0.25, 0.3) is 0 Å². The van der Waals surface area contributed by atoms with Crippen LogP contribution in [0.3, 0.4) is 0 Å². The molecule has 0 aromatic heterocycles. The first-order chi connectivity index (χ1) is 13.2. The van der Waals surface area contributed by atoms with Crippen LogP contribution in [-0.2, 0) is 14.8 Å². The summed E-state index contributed by atoms with van der Waals surface area (Å²) in [5.74, 6) is 0.580. The fourth-order valence-electron chi connectivity index (χ4n) is 3.53. The van der Waals surface area contributed by atoms with E-state index in [4.69, 9.17) is 11.6 Å². The Labute approximate surface area is 178 Å². The van der Waals surface area contributed by atoms with Crippen LogP contribution in [0.15, 0.2) is 18.2 Å². The number of carbonyl (C=O) groups is 1. The highest BCUT2D eigenvalue weighted by Gasteiger charge is 2.31. The van der Waals surface area contributed by atoms with E-state index in [1.807, 2.05) is 25.6 Å². The predicted octanol–water partition coefficient (Wildman–Crippen LogP) is 4.38. The lowest BCUT2D eigenvalue weighted by Gasteiger charge is -2.30. The Morgan fingerprint density at radius 3 is 2.57 bits per heavy atom. The monoisotopic (exact) mass is 446 g/mol. The van der Waals surface area contributed by atoms with E-state index in [2.05, 4.69) is 5.32 Å². The number of amides is 1. The highest BCUT2D eigenvalue weighted by Crippen LogP contribution is 2.29. The molecule has 0 bridgehead atoms. The number of carbonyl (C=O) groups excluding carboxylic acids is 1. The van der Waals surface area contributed by atoms with Gasteiger partial charge in [-0.3, -0.25) is 9.10 Å². The first-order valence-corrected chi connectivity index (χ1v) is 13.2. The molecule has 0 radical (unpaired) electrons. The summed E-state index contributed by atoms with van der Waals surface area (Å²) in [5.41, 5.74) is 1.27. The third-order valence-electron chi connectivity index (χ3n) is 5.05. The average molecular weight is 447 g/mol. The predicted molar refractivity (Wildman–Crippen MR) is 120 cm³/mol. The van der Waals surface area contributed by atoms with E-state index >= 15 is 0 Å². The maximum Gasteiger partial charge on any atom is 0.243 e. The fourth-order valence-corrected chi connectivity index (χ4v) is 6.13. The first-order valence-electron chi connectivity index (χ1n) is 9.89. The van der Waals surface area contributed by atoms with Gasteiger partial charge in [0, 0.05) is 22.6 Å². The van der Waals surface area contributed by atoms with Gasteiger partial charge in [0.1, 0.15) is 6.04 Å². The zero-order chi connectivity index (χ0) is 20.7. The molecule has 1 aromatic rings. The summed E-state index contributed by atoms with van der Waals surface area (Å²) in [6, 6.07) is 4.26. The molecule has 0 unspecified atom stereocenters. The molecular weight excluding hydrogens is 416 g/mol. The van der Waals surface area contributed by atoms with Gasteiger partial charge in [-0.15, -0.1) is 0 Å². The van der Waals surface area contributed by atoms with E-state index in [1.165, 1.54) is 36.4 Å². The van der Waals surface area contributed by atoms with Crippen molar-refractivity contribution in [3.8, 4) is 0 Å². The van der Waals surface area contributed by atoms with Gasteiger partial charge in [0.2, 0.25) is 15.9 Å². The fraction of sp³-hybridized carbons (Fsp3) is 0.650. The van der Waals surface area contributed by atoms with Crippen molar-refractivity contribution in [2.45, 2.75) is 63.7 Å². The van der Waals surface area contributed by atoms with Crippen LogP contribution in [0.1, 0.15) is 51.0 Å². The lowest BCUT2D eigenvalue weighted by molar-refractivity contribution is -0.122. The number of sulfonamides is 1. The molecule has 1 aliphatic carbocycles. The van der Waals surface area contributed by atoms with Crippen molar-refractivity contribution in [3.05, 3.63) is 28.8 Å². The lowest BCUT2D eigenvalue weighted by Crippen LogP contribution is -2.49. The third kappa shape index (κ3) is 6.56. The molecule has 0 heterocycles. The van der Waals surface area contributed by atoms with Gasteiger partial charge in [-0.25, -0.2) is 8.42 Å². The van der Waals surface area contributed by atoms with Crippen LogP contribution in [0.4, 0.5) is 5.69 Å². The Kier molecular flexibility index (Phi) is 8.96. The normalized spacial score (nSPS) is 16.6. The van der Waals surface area contributed by atoms with Gasteiger partial charge in [0.05, 0.1) is 11.9 Å². The number of hydrogen-bond acceptors (Lipinski definition) is 4. The smallest absolute Gasteiger partial charge is 0.243 e. The maximum absolute atomic E-state index is 12.8. The number of nitrogens with one attached hydrogen (secondary N) is 1. The Morgan fingerprint density at radius 1 is 1.32 bits per heavy atom. The van der Waals surface area contributed by atoms with Crippen molar-refractivity contribution in [1.29, 1.82) is 0 Å². The summed E-state index contributed by atoms with van der Waals surface area (Å²) in [4.78, 5) is 12.8. The van der Waals surface area contributed by atoms with Crippen LogP contribution >= 0.6 is 23.4 Å². The van der Waals surface area contributed by atoms with Crippen molar-refractivity contribution < 1.29 is 13.2 Å². The standard InChI is InChI=1S/C20H31ClN2O3S2/c1-4-19(20(24)22-12-13-27-17-8-6-5-7-9-17)23(28(3,25)26)16-11-10-15(2)18(21)14-16/h10-11,14,17,19H,4-9,12-13H2,1-3H3,(H,22,24)/t19-/m1/s1. The van der Waals surface area contributed by atoms with Crippen LogP contribution in [0, 0.1) is 6.92 Å². The highest BCUT2D eigenvalue weighted by atomic mass is 35.5. The zero-order valence-corrected chi connectivity index (χ0v) is 19.3. The first kappa shape index (κ1) is 23.4. The summed E-state index contributed by atoms with van der Waals surface area (Å²) < 4.78 is 26.1. The molecule has 5 nitrogen and oxygen atoms in total. The summed E-state index contributed by atoms with van der Waals surface area (Å²) in [5, 5.41) is 4.09. The Bertz CT molecular complexity index is 765. The minimum Gasteiger partial charge on any atom is -0.353 e. The second kappa shape index (κ2) is 10.7. The molecule has 8 heteroatoms. The molecule has 1 atom stereocenters. The number of nitrogens with zero attached hydrogens (tertiary/aromatic N) is 1. The third-order valence-corrected chi connectivity index (χ3v) is 8.02. The minimum absolute atomic E-state index is 0.270. The number of benzene rings is 1. The van der Waals surface area contributed by atoms with Crippen molar-refractivity contribution >= 4 is 45.0 Å². The van der Waals surface area contributed by atoms with E-state index in [0.29, 0.717) is 28.9 Å². The molecule has 2 rings (SSSR count). The van der Waals surface area contributed by atoms with Gasteiger partial charge >= 0.3 is 0 Å². The number of halogens is 1. The number of hydrogen-bond donors (Lipinski definition) is 1. The van der Waals surface area contributed by atoms with Crippen LogP contribution in [0.5, 0.6) is 0 Å². The molecule has 0 spiro atoms. The molecule has 1 saturated carbocycles. The number of aryl methyl sites for hydroxylation is 1. The molecule has 1 amide bonds. The Hall–Kier alpha value is -0.920. The second-order valence-corrected chi connectivity index (χ2v) is 11.0. The number of rotatable bonds is 9. The molecule has 1 aromatic carbocycles. The molecule has 1 N–H and O–H groups in total. The van der Waals surface area contributed by atoms with Gasteiger partial charge in [-0.05, 0) is 43.9 Å². The number of thioether (sulfide) groups is 1. The molecule has 1 aliphatic rings. The van der Waals surface area contributed by atoms with E-state index in [1.54, 1.807) is 18.2 Å². The van der Waals surface area contributed by atoms with E-state index in [-0.39, 0.29) is 5.91 Å². The van der Waals surface area contributed by atoms with Crippen LogP contribution in [0.25, 0.3) is 0 Å². The van der Waals surface area contributed by atoms with Crippen LogP contribution in [0.2, 0.25) is 5.02 Å². The van der Waals surface area contributed by atoms with Gasteiger partial charge < -0.3 is 5.32 Å². The van der Waals surface area contributed by atoms with Crippen LogP contribution in [-0.4, -0.2) is 44.2 Å². The number of anilines is 1.